The Kier molecular flexibility index (Phi) is 5.00. The van der Waals surface area contributed by atoms with Crippen LogP contribution in [0.1, 0.15) is 46.0 Å². The van der Waals surface area contributed by atoms with Crippen molar-refractivity contribution in [1.29, 1.82) is 0 Å². The van der Waals surface area contributed by atoms with E-state index in [1.54, 1.807) is 0 Å². The molecule has 0 aromatic rings. The molecule has 0 fully saturated rings. The molecule has 8 heteroatoms. The van der Waals surface area contributed by atoms with Gasteiger partial charge in [0.15, 0.2) is 11.3 Å². The van der Waals surface area contributed by atoms with Crippen LogP contribution in [-0.4, -0.2) is 36.1 Å². The topological polar surface area (TPSA) is 122 Å². The predicted molar refractivity (Wildman–Crippen MR) is 80.2 cm³/mol. The van der Waals surface area contributed by atoms with E-state index >= 15 is 0 Å². The molecule has 22 heavy (non-hydrogen) atoms. The molecule has 0 saturated heterocycles. The van der Waals surface area contributed by atoms with E-state index < -0.39 is 0 Å². The van der Waals surface area contributed by atoms with E-state index in [4.69, 9.17) is 5.73 Å². The molecule has 0 saturated carbocycles. The normalized spacial score (nSPS) is 20.5. The van der Waals surface area contributed by atoms with Gasteiger partial charge in [0.05, 0.1) is 0 Å². The Morgan fingerprint density at radius 1 is 1.09 bits per heavy atom. The molecule has 0 aliphatic carbocycles. The zero-order chi connectivity index (χ0) is 16.2. The zero-order valence-electron chi connectivity index (χ0n) is 13.2. The molecule has 2 aliphatic rings. The van der Waals surface area contributed by atoms with Crippen molar-refractivity contribution in [1.82, 2.24) is 5.32 Å². The third kappa shape index (κ3) is 5.25. The van der Waals surface area contributed by atoms with Crippen LogP contribution in [0.15, 0.2) is 20.5 Å². The fourth-order valence-electron chi connectivity index (χ4n) is 2.22. The van der Waals surface area contributed by atoms with E-state index in [9.17, 15) is 9.59 Å². The van der Waals surface area contributed by atoms with Gasteiger partial charge in [0, 0.05) is 38.1 Å². The molecule has 2 heterocycles. The van der Waals surface area contributed by atoms with Gasteiger partial charge in [-0.15, -0.1) is 0 Å². The molecular weight excluding hydrogens is 284 g/mol. The second-order valence-electron chi connectivity index (χ2n) is 6.39. The predicted octanol–water partition coefficient (Wildman–Crippen LogP) is 1.56. The molecule has 0 aromatic heterocycles. The number of nitrogens with two attached hydrogens (primary N) is 1. The number of carbonyl (C=O) groups is 2. The van der Waals surface area contributed by atoms with E-state index in [-0.39, 0.29) is 35.4 Å². The molecule has 0 bridgehead atoms. The van der Waals surface area contributed by atoms with Crippen molar-refractivity contribution in [3.63, 3.8) is 0 Å². The summed E-state index contributed by atoms with van der Waals surface area (Å²) < 4.78 is 0. The van der Waals surface area contributed by atoms with E-state index in [2.05, 4.69) is 25.8 Å². The highest BCUT2D eigenvalue weighted by atomic mass is 16.2. The van der Waals surface area contributed by atoms with Gasteiger partial charge in [0.2, 0.25) is 5.91 Å². The smallest absolute Gasteiger partial charge is 0.223 e. The average Bonchev–Trinajstić information content (AvgIpc) is 3.37. The fourth-order valence-corrected chi connectivity index (χ4v) is 2.22. The second kappa shape index (κ2) is 6.60. The second-order valence-corrected chi connectivity index (χ2v) is 6.39. The lowest BCUT2D eigenvalue weighted by Crippen LogP contribution is -2.35. The summed E-state index contributed by atoms with van der Waals surface area (Å²) >= 11 is 0. The van der Waals surface area contributed by atoms with Crippen LogP contribution < -0.4 is 11.1 Å². The maximum atomic E-state index is 12.2. The largest absolute Gasteiger partial charge is 0.356 e. The van der Waals surface area contributed by atoms with Crippen LogP contribution in [0.5, 0.6) is 0 Å². The summed E-state index contributed by atoms with van der Waals surface area (Å²) in [5, 5.41) is 18.4. The van der Waals surface area contributed by atoms with Crippen molar-refractivity contribution in [3.05, 3.63) is 0 Å². The number of amides is 1. The summed E-state index contributed by atoms with van der Waals surface area (Å²) in [7, 11) is 0. The fraction of sp³-hybridized carbons (Fsp3) is 0.857. The lowest BCUT2D eigenvalue weighted by molar-refractivity contribution is -0.129. The van der Waals surface area contributed by atoms with Gasteiger partial charge in [-0.3, -0.25) is 9.59 Å². The lowest BCUT2D eigenvalue weighted by Gasteiger charge is -2.16. The Morgan fingerprint density at radius 3 is 2.23 bits per heavy atom. The highest BCUT2D eigenvalue weighted by Gasteiger charge is 2.35. The van der Waals surface area contributed by atoms with Crippen LogP contribution in [-0.2, 0) is 9.59 Å². The number of hydrogen-bond acceptors (Lipinski definition) is 7. The molecular formula is C14H24N6O2. The SMILES string of the molecule is CC1(CCNC(=O)[C@H](CCN)CC(=O)CCC2(C)N=N2)N=N1. The number of hydrogen-bond donors (Lipinski definition) is 2. The van der Waals surface area contributed by atoms with Crippen molar-refractivity contribution in [3.8, 4) is 0 Å². The van der Waals surface area contributed by atoms with Gasteiger partial charge >= 0.3 is 0 Å². The number of carbonyl (C=O) groups excluding carboxylic acids is 2. The first-order valence-electron chi connectivity index (χ1n) is 7.73. The quantitative estimate of drug-likeness (QED) is 0.602. The molecule has 1 amide bonds. The van der Waals surface area contributed by atoms with E-state index in [1.165, 1.54) is 0 Å². The zero-order valence-corrected chi connectivity index (χ0v) is 13.2. The first-order valence-corrected chi connectivity index (χ1v) is 7.73. The molecule has 0 unspecified atom stereocenters. The Hall–Kier alpha value is -1.70. The highest BCUT2D eigenvalue weighted by molar-refractivity contribution is 5.86. The van der Waals surface area contributed by atoms with Gasteiger partial charge in [0.1, 0.15) is 5.78 Å². The first kappa shape index (κ1) is 16.7. The van der Waals surface area contributed by atoms with Crippen molar-refractivity contribution < 1.29 is 9.59 Å². The van der Waals surface area contributed by atoms with Crippen LogP contribution >= 0.6 is 0 Å². The van der Waals surface area contributed by atoms with Gasteiger partial charge in [0.25, 0.3) is 0 Å². The maximum absolute atomic E-state index is 12.2. The number of Topliss-reactive ketones (excluding diaryl/α,β-unsaturated/α-hetero) is 1. The van der Waals surface area contributed by atoms with E-state index in [0.717, 1.165) is 0 Å². The van der Waals surface area contributed by atoms with Crippen molar-refractivity contribution >= 4 is 11.7 Å². The van der Waals surface area contributed by atoms with Crippen LogP contribution in [0, 0.1) is 5.92 Å². The summed E-state index contributed by atoms with van der Waals surface area (Å²) in [6.07, 6.45) is 2.43. The lowest BCUT2D eigenvalue weighted by atomic mass is 9.94. The van der Waals surface area contributed by atoms with E-state index in [0.29, 0.717) is 38.8 Å². The van der Waals surface area contributed by atoms with Gasteiger partial charge in [-0.05, 0) is 26.8 Å². The summed E-state index contributed by atoms with van der Waals surface area (Å²) in [5.74, 6) is -0.416. The molecule has 2 aliphatic heterocycles. The minimum absolute atomic E-state index is 0.0614. The van der Waals surface area contributed by atoms with Crippen LogP contribution in [0.4, 0.5) is 0 Å². The minimum Gasteiger partial charge on any atom is -0.356 e. The van der Waals surface area contributed by atoms with E-state index in [1.807, 2.05) is 13.8 Å². The number of nitrogens with one attached hydrogen (secondary N) is 1. The molecule has 3 N–H and O–H groups in total. The molecule has 0 aromatic carbocycles. The molecule has 0 spiro atoms. The van der Waals surface area contributed by atoms with Crippen molar-refractivity contribution in [2.45, 2.75) is 57.3 Å². The van der Waals surface area contributed by atoms with Crippen LogP contribution in [0.25, 0.3) is 0 Å². The highest BCUT2D eigenvalue weighted by Crippen LogP contribution is 2.32. The summed E-state index contributed by atoms with van der Waals surface area (Å²) in [6.45, 7) is 4.69. The summed E-state index contributed by atoms with van der Waals surface area (Å²) in [6, 6.07) is 0. The Balaban J connectivity index is 1.69. The third-order valence-corrected chi connectivity index (χ3v) is 4.02. The molecule has 2 rings (SSSR count). The monoisotopic (exact) mass is 308 g/mol. The third-order valence-electron chi connectivity index (χ3n) is 4.02. The first-order chi connectivity index (χ1) is 10.4. The molecule has 0 radical (unpaired) electrons. The summed E-state index contributed by atoms with van der Waals surface area (Å²) in [5.41, 5.74) is 4.87. The van der Waals surface area contributed by atoms with Crippen molar-refractivity contribution in [2.24, 2.45) is 32.1 Å². The number of nitrogens with zero attached hydrogens (tertiary/aromatic N) is 4. The van der Waals surface area contributed by atoms with Crippen molar-refractivity contribution in [2.75, 3.05) is 13.1 Å². The Morgan fingerprint density at radius 2 is 1.68 bits per heavy atom. The minimum atomic E-state index is -0.367. The standard InChI is InChI=1S/C14H24N6O2/c1-13(17-18-13)5-3-11(21)9-10(4-7-15)12(22)16-8-6-14(2)19-20-14/h10H,3-9,15H2,1-2H3,(H,16,22)/t10-/m1/s1. The number of rotatable bonds is 11. The maximum Gasteiger partial charge on any atom is 0.223 e. The summed E-state index contributed by atoms with van der Waals surface area (Å²) in [4.78, 5) is 24.2. The van der Waals surface area contributed by atoms with Crippen LogP contribution in [0.3, 0.4) is 0 Å². The molecule has 122 valence electrons. The Labute approximate surface area is 130 Å². The van der Waals surface area contributed by atoms with Gasteiger partial charge in [-0.2, -0.15) is 20.5 Å². The van der Waals surface area contributed by atoms with Crippen LogP contribution in [0.2, 0.25) is 0 Å². The van der Waals surface area contributed by atoms with Gasteiger partial charge in [-0.1, -0.05) is 0 Å². The van der Waals surface area contributed by atoms with Gasteiger partial charge < -0.3 is 11.1 Å². The van der Waals surface area contributed by atoms with Gasteiger partial charge in [-0.25, -0.2) is 0 Å². The molecule has 1 atom stereocenters. The molecule has 8 nitrogen and oxygen atoms in total. The Bertz CT molecular complexity index is 490. The number of ketones is 1. The average molecular weight is 308 g/mol.